The van der Waals surface area contributed by atoms with Crippen molar-refractivity contribution in [2.45, 2.75) is 120 Å². The summed E-state index contributed by atoms with van der Waals surface area (Å²) in [5.41, 5.74) is 1.83. The number of alkyl halides is 5. The second kappa shape index (κ2) is 15.8. The van der Waals surface area contributed by atoms with Gasteiger partial charge in [0.2, 0.25) is 0 Å². The molecule has 246 valence electrons. The van der Waals surface area contributed by atoms with Crippen molar-refractivity contribution in [2.75, 3.05) is 6.61 Å². The van der Waals surface area contributed by atoms with Crippen molar-refractivity contribution in [2.24, 2.45) is 5.92 Å². The van der Waals surface area contributed by atoms with E-state index in [1.165, 1.54) is 0 Å². The molecule has 0 radical (unpaired) electrons. The molecule has 3 rings (SSSR count). The summed E-state index contributed by atoms with van der Waals surface area (Å²) < 4.78 is 68.8. The molecule has 1 aliphatic heterocycles. The SMILES string of the molecule is CC1(c2ccc(O)cc2)COc2cc(O)ccc2C1CCCCCCCCC(CCCCCCC(F)(F)C(F)(F)F)C(=O)O. The lowest BCUT2D eigenvalue weighted by Gasteiger charge is -2.43. The van der Waals surface area contributed by atoms with Crippen LogP contribution in [0, 0.1) is 5.92 Å². The summed E-state index contributed by atoms with van der Waals surface area (Å²) >= 11 is 0. The van der Waals surface area contributed by atoms with Gasteiger partial charge in [-0.1, -0.05) is 82.9 Å². The van der Waals surface area contributed by atoms with Crippen LogP contribution in [0.2, 0.25) is 0 Å². The molecule has 3 N–H and O–H groups in total. The number of carbonyl (C=O) groups is 1. The summed E-state index contributed by atoms with van der Waals surface area (Å²) in [7, 11) is 0. The van der Waals surface area contributed by atoms with Gasteiger partial charge in [0.1, 0.15) is 17.2 Å². The fourth-order valence-electron chi connectivity index (χ4n) is 6.28. The predicted octanol–water partition coefficient (Wildman–Crippen LogP) is 9.89. The minimum atomic E-state index is -5.53. The second-order valence-corrected chi connectivity index (χ2v) is 12.4. The third-order valence-electron chi connectivity index (χ3n) is 9.05. The van der Waals surface area contributed by atoms with Gasteiger partial charge in [0, 0.05) is 23.8 Å². The second-order valence-electron chi connectivity index (χ2n) is 12.4. The number of halogens is 5. The number of unbranched alkanes of at least 4 members (excludes halogenated alkanes) is 8. The molecule has 2 aromatic carbocycles. The van der Waals surface area contributed by atoms with Crippen LogP contribution in [0.4, 0.5) is 22.0 Å². The molecule has 0 bridgehead atoms. The van der Waals surface area contributed by atoms with Crippen molar-refractivity contribution in [3.05, 3.63) is 53.6 Å². The smallest absolute Gasteiger partial charge is 0.453 e. The average Bonchev–Trinajstić information content (AvgIpc) is 2.95. The number of aliphatic carboxylic acids is 1. The minimum absolute atomic E-state index is 0.160. The first-order valence-electron chi connectivity index (χ1n) is 15.7. The van der Waals surface area contributed by atoms with Crippen LogP contribution in [0.5, 0.6) is 17.2 Å². The van der Waals surface area contributed by atoms with Gasteiger partial charge >= 0.3 is 18.1 Å². The van der Waals surface area contributed by atoms with Crippen molar-refractivity contribution < 1.29 is 46.8 Å². The summed E-state index contributed by atoms with van der Waals surface area (Å²) in [5.74, 6) is -4.87. The molecule has 10 heteroatoms. The number of hydrogen-bond donors (Lipinski definition) is 3. The highest BCUT2D eigenvalue weighted by atomic mass is 19.4. The lowest BCUT2D eigenvalue weighted by molar-refractivity contribution is -0.284. The fraction of sp³-hybridized carbons (Fsp3) is 0.618. The Hall–Kier alpha value is -3.04. The van der Waals surface area contributed by atoms with Crippen LogP contribution < -0.4 is 4.74 Å². The van der Waals surface area contributed by atoms with Gasteiger partial charge in [-0.05, 0) is 55.0 Å². The quantitative estimate of drug-likeness (QED) is 0.113. The molecule has 0 amide bonds. The van der Waals surface area contributed by atoms with Gasteiger partial charge in [0.05, 0.1) is 12.5 Å². The van der Waals surface area contributed by atoms with E-state index in [2.05, 4.69) is 6.92 Å². The van der Waals surface area contributed by atoms with Crippen LogP contribution >= 0.6 is 0 Å². The highest BCUT2D eigenvalue weighted by Crippen LogP contribution is 2.50. The van der Waals surface area contributed by atoms with E-state index in [0.717, 1.165) is 56.1 Å². The molecule has 3 unspecified atom stereocenters. The molecule has 0 aliphatic carbocycles. The first-order valence-corrected chi connectivity index (χ1v) is 15.7. The van der Waals surface area contributed by atoms with E-state index in [1.54, 1.807) is 24.3 Å². The molecular weight excluding hydrogens is 583 g/mol. The minimum Gasteiger partial charge on any atom is -0.508 e. The number of hydrogen-bond acceptors (Lipinski definition) is 4. The maximum Gasteiger partial charge on any atom is 0.453 e. The van der Waals surface area contributed by atoms with Crippen LogP contribution in [0.1, 0.15) is 114 Å². The maximum atomic E-state index is 13.0. The summed E-state index contributed by atoms with van der Waals surface area (Å²) in [6, 6.07) is 12.5. The van der Waals surface area contributed by atoms with E-state index < -0.39 is 30.4 Å². The topological polar surface area (TPSA) is 87.0 Å². The van der Waals surface area contributed by atoms with E-state index in [9.17, 15) is 42.1 Å². The predicted molar refractivity (Wildman–Crippen MR) is 159 cm³/mol. The molecule has 44 heavy (non-hydrogen) atoms. The van der Waals surface area contributed by atoms with Gasteiger partial charge in [-0.3, -0.25) is 4.79 Å². The summed E-state index contributed by atoms with van der Waals surface area (Å²) in [4.78, 5) is 11.6. The highest BCUT2D eigenvalue weighted by molar-refractivity contribution is 5.69. The zero-order valence-electron chi connectivity index (χ0n) is 25.4. The van der Waals surface area contributed by atoms with Crippen molar-refractivity contribution in [3.63, 3.8) is 0 Å². The first-order chi connectivity index (χ1) is 20.7. The molecule has 0 spiro atoms. The zero-order chi connectivity index (χ0) is 32.4. The monoisotopic (exact) mass is 628 g/mol. The number of aromatic hydroxyl groups is 2. The zero-order valence-corrected chi connectivity index (χ0v) is 25.4. The molecule has 1 heterocycles. The number of phenolic OH excluding ortho intramolecular Hbond substituents is 2. The molecule has 0 saturated heterocycles. The number of carboxylic acid groups (broad SMARTS) is 1. The van der Waals surface area contributed by atoms with Crippen LogP contribution in [0.25, 0.3) is 0 Å². The summed E-state index contributed by atoms with van der Waals surface area (Å²) in [5, 5.41) is 29.3. The molecule has 0 saturated carbocycles. The molecule has 0 aromatic heterocycles. The Balaban J connectivity index is 1.37. The van der Waals surface area contributed by atoms with E-state index in [1.807, 2.05) is 18.2 Å². The number of phenols is 2. The van der Waals surface area contributed by atoms with Crippen molar-refractivity contribution in [3.8, 4) is 17.2 Å². The molecule has 1 aliphatic rings. The first kappa shape index (κ1) is 35.4. The summed E-state index contributed by atoms with van der Waals surface area (Å²) in [6.07, 6.45) is 1.66. The Morgan fingerprint density at radius 3 is 1.98 bits per heavy atom. The Morgan fingerprint density at radius 2 is 1.39 bits per heavy atom. The van der Waals surface area contributed by atoms with Gasteiger partial charge in [-0.2, -0.15) is 22.0 Å². The fourth-order valence-corrected chi connectivity index (χ4v) is 6.28. The normalized spacial score (nSPS) is 19.3. The Bertz CT molecular complexity index is 1180. The lowest BCUT2D eigenvalue weighted by atomic mass is 9.66. The maximum absolute atomic E-state index is 13.0. The average molecular weight is 629 g/mol. The standard InChI is InChI=1S/C34H45F5O5/c1-32(25-15-17-26(40)18-16-25)23-44-30-22-27(41)19-20-28(30)29(32)14-10-5-3-2-4-8-12-24(31(42)43)13-9-6-7-11-21-33(35,36)34(37,38)39/h15-20,22,24,29,40-41H,2-14,21,23H2,1H3,(H,42,43). The summed E-state index contributed by atoms with van der Waals surface area (Å²) in [6.45, 7) is 2.63. The molecule has 2 aromatic rings. The van der Waals surface area contributed by atoms with Gasteiger partial charge < -0.3 is 20.1 Å². The van der Waals surface area contributed by atoms with E-state index in [-0.39, 0.29) is 35.7 Å². The molecular formula is C34H45F5O5. The van der Waals surface area contributed by atoms with Crippen molar-refractivity contribution in [1.29, 1.82) is 0 Å². The van der Waals surface area contributed by atoms with Gasteiger partial charge in [-0.15, -0.1) is 0 Å². The Kier molecular flexibility index (Phi) is 12.7. The van der Waals surface area contributed by atoms with E-state index >= 15 is 0 Å². The molecule has 5 nitrogen and oxygen atoms in total. The molecule has 0 fully saturated rings. The molecule has 3 atom stereocenters. The van der Waals surface area contributed by atoms with Crippen molar-refractivity contribution in [1.82, 2.24) is 0 Å². The Morgan fingerprint density at radius 1 is 0.841 bits per heavy atom. The largest absolute Gasteiger partial charge is 0.508 e. The van der Waals surface area contributed by atoms with Gasteiger partial charge in [-0.25, -0.2) is 0 Å². The van der Waals surface area contributed by atoms with Gasteiger partial charge in [0.25, 0.3) is 0 Å². The third kappa shape index (κ3) is 9.73. The highest BCUT2D eigenvalue weighted by Gasteiger charge is 2.56. The number of carboxylic acids is 1. The van der Waals surface area contributed by atoms with Crippen LogP contribution in [0.15, 0.2) is 42.5 Å². The van der Waals surface area contributed by atoms with Gasteiger partial charge in [0.15, 0.2) is 0 Å². The number of benzene rings is 2. The van der Waals surface area contributed by atoms with Crippen molar-refractivity contribution >= 4 is 5.97 Å². The van der Waals surface area contributed by atoms with E-state index in [4.69, 9.17) is 4.74 Å². The third-order valence-corrected chi connectivity index (χ3v) is 9.05. The lowest BCUT2D eigenvalue weighted by Crippen LogP contribution is -2.40. The van der Waals surface area contributed by atoms with E-state index in [0.29, 0.717) is 38.0 Å². The van der Waals surface area contributed by atoms with Crippen LogP contribution in [0.3, 0.4) is 0 Å². The van der Waals surface area contributed by atoms with Crippen LogP contribution in [-0.2, 0) is 10.2 Å². The Labute approximate surface area is 256 Å². The number of fused-ring (bicyclic) bond motifs is 1. The van der Waals surface area contributed by atoms with Crippen LogP contribution in [-0.4, -0.2) is 40.0 Å². The number of rotatable bonds is 18. The number of ether oxygens (including phenoxy) is 1.